The zero-order chi connectivity index (χ0) is 20.9. The van der Waals surface area contributed by atoms with Crippen molar-refractivity contribution in [1.29, 1.82) is 0 Å². The molecule has 0 amide bonds. The number of carbonyl (C=O) groups excluding carboxylic acids is 1. The number of benzene rings is 1. The summed E-state index contributed by atoms with van der Waals surface area (Å²) in [5.74, 6) is 0.324. The molecule has 2 aliphatic heterocycles. The molecule has 0 aromatic heterocycles. The van der Waals surface area contributed by atoms with E-state index in [4.69, 9.17) is 4.74 Å². The molecule has 0 radical (unpaired) electrons. The lowest BCUT2D eigenvalue weighted by atomic mass is 9.83. The summed E-state index contributed by atoms with van der Waals surface area (Å²) in [6, 6.07) is 10.7. The minimum Gasteiger partial charge on any atom is -0.458 e. The van der Waals surface area contributed by atoms with Gasteiger partial charge in [-0.3, -0.25) is 14.6 Å². The highest BCUT2D eigenvalue weighted by molar-refractivity contribution is 5.76. The first-order chi connectivity index (χ1) is 14.6. The van der Waals surface area contributed by atoms with Gasteiger partial charge < -0.3 is 4.74 Å². The SMILES string of the molecule is C/C1=C\[C@H]2OC(=O)[C@@H](CN3CCN(Cc4ccccc4)CC3)[C@@H]2CC/C(C)=C/CC1. The van der Waals surface area contributed by atoms with Crippen molar-refractivity contribution in [2.45, 2.75) is 52.2 Å². The molecule has 0 saturated carbocycles. The average molecular weight is 409 g/mol. The summed E-state index contributed by atoms with van der Waals surface area (Å²) in [5, 5.41) is 0. The number of ether oxygens (including phenoxy) is 1. The molecular weight excluding hydrogens is 372 g/mol. The minimum absolute atomic E-state index is 0.00644. The summed E-state index contributed by atoms with van der Waals surface area (Å²) in [4.78, 5) is 17.8. The first-order valence-corrected chi connectivity index (χ1v) is 11.6. The molecular formula is C26H36N2O2. The van der Waals surface area contributed by atoms with E-state index in [0.717, 1.165) is 65.0 Å². The number of nitrogens with zero attached hydrogens (tertiary/aromatic N) is 2. The quantitative estimate of drug-likeness (QED) is 0.545. The van der Waals surface area contributed by atoms with Crippen molar-refractivity contribution < 1.29 is 9.53 Å². The van der Waals surface area contributed by atoms with Gasteiger partial charge in [0.25, 0.3) is 0 Å². The molecule has 1 aromatic carbocycles. The summed E-state index contributed by atoms with van der Waals surface area (Å²) < 4.78 is 5.89. The van der Waals surface area contributed by atoms with Gasteiger partial charge in [0.1, 0.15) is 6.10 Å². The third-order valence-corrected chi connectivity index (χ3v) is 7.01. The fourth-order valence-electron chi connectivity index (χ4n) is 5.10. The first kappa shape index (κ1) is 21.3. The van der Waals surface area contributed by atoms with Crippen LogP contribution < -0.4 is 0 Å². The van der Waals surface area contributed by atoms with Gasteiger partial charge in [0.05, 0.1) is 5.92 Å². The van der Waals surface area contributed by atoms with Gasteiger partial charge in [-0.15, -0.1) is 0 Å². The zero-order valence-electron chi connectivity index (χ0n) is 18.6. The number of fused-ring (bicyclic) bond motifs is 1. The fourth-order valence-corrected chi connectivity index (χ4v) is 5.10. The maximum atomic E-state index is 12.8. The van der Waals surface area contributed by atoms with Crippen LogP contribution in [0.4, 0.5) is 0 Å². The molecule has 0 unspecified atom stereocenters. The molecule has 30 heavy (non-hydrogen) atoms. The van der Waals surface area contributed by atoms with E-state index in [2.05, 4.69) is 66.1 Å². The van der Waals surface area contributed by atoms with Gasteiger partial charge in [0, 0.05) is 45.2 Å². The van der Waals surface area contributed by atoms with Crippen molar-refractivity contribution in [3.63, 3.8) is 0 Å². The number of rotatable bonds is 4. The van der Waals surface area contributed by atoms with Crippen molar-refractivity contribution >= 4 is 5.97 Å². The molecule has 4 nitrogen and oxygen atoms in total. The van der Waals surface area contributed by atoms with Gasteiger partial charge in [-0.1, -0.05) is 47.6 Å². The van der Waals surface area contributed by atoms with Crippen molar-refractivity contribution in [1.82, 2.24) is 9.80 Å². The van der Waals surface area contributed by atoms with Crippen molar-refractivity contribution in [2.24, 2.45) is 11.8 Å². The van der Waals surface area contributed by atoms with E-state index < -0.39 is 0 Å². The smallest absolute Gasteiger partial charge is 0.311 e. The summed E-state index contributed by atoms with van der Waals surface area (Å²) in [5.41, 5.74) is 4.18. The maximum absolute atomic E-state index is 12.8. The Kier molecular flexibility index (Phi) is 7.06. The Balaban J connectivity index is 1.35. The van der Waals surface area contributed by atoms with Crippen molar-refractivity contribution in [3.8, 4) is 0 Å². The Hall–Kier alpha value is -1.91. The third kappa shape index (κ3) is 5.41. The predicted octanol–water partition coefficient (Wildman–Crippen LogP) is 4.43. The second kappa shape index (κ2) is 9.93. The molecule has 2 fully saturated rings. The van der Waals surface area contributed by atoms with E-state index in [1.54, 1.807) is 0 Å². The highest BCUT2D eigenvalue weighted by Gasteiger charge is 2.44. The van der Waals surface area contributed by atoms with Crippen molar-refractivity contribution in [2.75, 3.05) is 32.7 Å². The highest BCUT2D eigenvalue weighted by atomic mass is 16.6. The maximum Gasteiger partial charge on any atom is 0.311 e. The van der Waals surface area contributed by atoms with Gasteiger partial charge in [0.15, 0.2) is 0 Å². The van der Waals surface area contributed by atoms with Crippen molar-refractivity contribution in [3.05, 3.63) is 59.2 Å². The van der Waals surface area contributed by atoms with Crippen LogP contribution in [0.25, 0.3) is 0 Å². The van der Waals surface area contributed by atoms with Crippen LogP contribution in [-0.4, -0.2) is 54.6 Å². The standard InChI is InChI=1S/C26H36N2O2/c1-20-7-6-8-21(2)17-25-23(12-11-20)24(26(29)30-25)19-28-15-13-27(14-16-28)18-22-9-4-3-5-10-22/h3-5,7,9-10,17,23-25H,6,8,11-16,18-19H2,1-2H3/b20-7+,21-17+/t23-,24-,25+/m0/s1. The molecule has 0 spiro atoms. The largest absolute Gasteiger partial charge is 0.458 e. The number of piperazine rings is 1. The van der Waals surface area contributed by atoms with E-state index in [0.29, 0.717) is 5.92 Å². The Morgan fingerprint density at radius 1 is 0.967 bits per heavy atom. The second-order valence-corrected chi connectivity index (χ2v) is 9.38. The number of hydrogen-bond donors (Lipinski definition) is 0. The summed E-state index contributed by atoms with van der Waals surface area (Å²) in [7, 11) is 0. The molecule has 2 saturated heterocycles. The van der Waals surface area contributed by atoms with E-state index in [-0.39, 0.29) is 18.0 Å². The molecule has 1 aliphatic carbocycles. The lowest BCUT2D eigenvalue weighted by Crippen LogP contribution is -2.48. The molecule has 1 aromatic rings. The Bertz CT molecular complexity index is 777. The first-order valence-electron chi connectivity index (χ1n) is 11.6. The molecule has 2 heterocycles. The second-order valence-electron chi connectivity index (χ2n) is 9.38. The van der Waals surface area contributed by atoms with Crippen LogP contribution in [0.2, 0.25) is 0 Å². The van der Waals surface area contributed by atoms with E-state index in [1.165, 1.54) is 16.7 Å². The number of hydrogen-bond acceptors (Lipinski definition) is 4. The Morgan fingerprint density at radius 2 is 1.70 bits per heavy atom. The molecule has 162 valence electrons. The van der Waals surface area contributed by atoms with E-state index in [1.807, 2.05) is 0 Å². The van der Waals surface area contributed by atoms with Crippen LogP contribution >= 0.6 is 0 Å². The molecule has 3 atom stereocenters. The molecule has 4 rings (SSSR count). The lowest BCUT2D eigenvalue weighted by molar-refractivity contribution is -0.143. The van der Waals surface area contributed by atoms with Gasteiger partial charge in [0.2, 0.25) is 0 Å². The van der Waals surface area contributed by atoms with Crippen LogP contribution in [0, 0.1) is 11.8 Å². The molecule has 3 aliphatic rings. The summed E-state index contributed by atoms with van der Waals surface area (Å²) >= 11 is 0. The van der Waals surface area contributed by atoms with Crippen LogP contribution in [0.1, 0.15) is 45.1 Å². The number of carbonyl (C=O) groups is 1. The van der Waals surface area contributed by atoms with Crippen LogP contribution in [0.3, 0.4) is 0 Å². The predicted molar refractivity (Wildman–Crippen MR) is 121 cm³/mol. The molecule has 0 bridgehead atoms. The molecule has 0 N–H and O–H groups in total. The number of esters is 1. The van der Waals surface area contributed by atoms with Gasteiger partial charge >= 0.3 is 5.97 Å². The van der Waals surface area contributed by atoms with E-state index >= 15 is 0 Å². The topological polar surface area (TPSA) is 32.8 Å². The average Bonchev–Trinajstić information content (AvgIpc) is 3.02. The number of allylic oxidation sites excluding steroid dienone is 3. The fraction of sp³-hybridized carbons (Fsp3) is 0.577. The highest BCUT2D eigenvalue weighted by Crippen LogP contribution is 2.36. The van der Waals surface area contributed by atoms with Crippen LogP contribution in [0.15, 0.2) is 53.6 Å². The zero-order valence-corrected chi connectivity index (χ0v) is 18.6. The molecule has 4 heteroatoms. The van der Waals surface area contributed by atoms with E-state index in [9.17, 15) is 4.79 Å². The summed E-state index contributed by atoms with van der Waals surface area (Å²) in [6.07, 6.45) is 8.84. The van der Waals surface area contributed by atoms with Gasteiger partial charge in [-0.2, -0.15) is 0 Å². The monoisotopic (exact) mass is 408 g/mol. The normalized spacial score (nSPS) is 32.5. The van der Waals surface area contributed by atoms with Gasteiger partial charge in [-0.25, -0.2) is 0 Å². The Morgan fingerprint density at radius 3 is 2.47 bits per heavy atom. The Labute approximate surface area is 181 Å². The summed E-state index contributed by atoms with van der Waals surface area (Å²) in [6.45, 7) is 10.4. The minimum atomic E-state index is -0.0345. The lowest BCUT2D eigenvalue weighted by Gasteiger charge is -2.36. The third-order valence-electron chi connectivity index (χ3n) is 7.01. The van der Waals surface area contributed by atoms with Crippen LogP contribution in [0.5, 0.6) is 0 Å². The van der Waals surface area contributed by atoms with Crippen LogP contribution in [-0.2, 0) is 16.1 Å². The van der Waals surface area contributed by atoms with Gasteiger partial charge in [-0.05, 0) is 51.2 Å².